The molecule has 18 heavy (non-hydrogen) atoms. The van der Waals surface area contributed by atoms with E-state index in [0.717, 1.165) is 24.1 Å². The predicted octanol–water partition coefficient (Wildman–Crippen LogP) is 0.588. The van der Waals surface area contributed by atoms with E-state index in [1.54, 1.807) is 0 Å². The minimum Gasteiger partial charge on any atom is -0.441 e. The molecule has 0 radical (unpaired) electrons. The molecule has 5 heteroatoms. The van der Waals surface area contributed by atoms with E-state index in [9.17, 15) is 5.11 Å². The van der Waals surface area contributed by atoms with E-state index in [0.29, 0.717) is 12.4 Å². The molecule has 0 amide bonds. The van der Waals surface area contributed by atoms with Crippen LogP contribution >= 0.6 is 0 Å². The van der Waals surface area contributed by atoms with Crippen molar-refractivity contribution in [3.05, 3.63) is 29.7 Å². The molecule has 0 saturated heterocycles. The van der Waals surface area contributed by atoms with Crippen molar-refractivity contribution in [3.8, 4) is 0 Å². The first-order chi connectivity index (χ1) is 8.69. The van der Waals surface area contributed by atoms with Gasteiger partial charge in [0.1, 0.15) is 5.52 Å². The molecular formula is C13H19N3O2. The van der Waals surface area contributed by atoms with Gasteiger partial charge in [0, 0.05) is 20.0 Å². The quantitative estimate of drug-likeness (QED) is 0.652. The van der Waals surface area contributed by atoms with Crippen molar-refractivity contribution in [3.63, 3.8) is 0 Å². The number of aryl methyl sites for hydroxylation is 1. The fourth-order valence-electron chi connectivity index (χ4n) is 1.82. The van der Waals surface area contributed by atoms with Crippen LogP contribution in [0.2, 0.25) is 0 Å². The number of rotatable bonds is 6. The zero-order valence-corrected chi connectivity index (χ0v) is 10.5. The molecule has 0 fully saturated rings. The van der Waals surface area contributed by atoms with E-state index in [1.807, 2.05) is 25.1 Å². The highest BCUT2D eigenvalue weighted by Gasteiger charge is 2.03. The Balaban J connectivity index is 1.87. The fourth-order valence-corrected chi connectivity index (χ4v) is 1.82. The van der Waals surface area contributed by atoms with Crippen molar-refractivity contribution in [2.75, 3.05) is 19.6 Å². The van der Waals surface area contributed by atoms with Gasteiger partial charge in [-0.1, -0.05) is 6.07 Å². The van der Waals surface area contributed by atoms with Crippen LogP contribution in [-0.4, -0.2) is 35.8 Å². The SMILES string of the molecule is Cc1nc2ccc(CCNCC(O)CN)cc2o1. The summed E-state index contributed by atoms with van der Waals surface area (Å²) >= 11 is 0. The van der Waals surface area contributed by atoms with Gasteiger partial charge in [-0.25, -0.2) is 4.98 Å². The van der Waals surface area contributed by atoms with E-state index in [2.05, 4.69) is 10.3 Å². The molecule has 5 nitrogen and oxygen atoms in total. The van der Waals surface area contributed by atoms with E-state index in [-0.39, 0.29) is 6.54 Å². The smallest absolute Gasteiger partial charge is 0.192 e. The number of hydrogen-bond donors (Lipinski definition) is 3. The molecule has 1 aromatic carbocycles. The first kappa shape index (κ1) is 13.0. The standard InChI is InChI=1S/C13H19N3O2/c1-9-16-12-3-2-10(6-13(12)18-9)4-5-15-8-11(17)7-14/h2-3,6,11,15,17H,4-5,7-8,14H2,1H3. The number of nitrogens with two attached hydrogens (primary N) is 1. The average Bonchev–Trinajstić information content (AvgIpc) is 2.73. The summed E-state index contributed by atoms with van der Waals surface area (Å²) < 4.78 is 5.48. The summed E-state index contributed by atoms with van der Waals surface area (Å²) in [5.74, 6) is 0.686. The van der Waals surface area contributed by atoms with Gasteiger partial charge in [0.15, 0.2) is 11.5 Å². The highest BCUT2D eigenvalue weighted by Crippen LogP contribution is 2.16. The number of nitrogens with zero attached hydrogens (tertiary/aromatic N) is 1. The van der Waals surface area contributed by atoms with E-state index >= 15 is 0 Å². The predicted molar refractivity (Wildman–Crippen MR) is 70.4 cm³/mol. The molecule has 0 spiro atoms. The number of hydrogen-bond acceptors (Lipinski definition) is 5. The molecule has 1 aromatic heterocycles. The second-order valence-electron chi connectivity index (χ2n) is 4.38. The molecule has 0 bridgehead atoms. The van der Waals surface area contributed by atoms with Crippen LogP contribution in [0.25, 0.3) is 11.1 Å². The summed E-state index contributed by atoms with van der Waals surface area (Å²) in [6, 6.07) is 6.03. The van der Waals surface area contributed by atoms with Gasteiger partial charge in [-0.15, -0.1) is 0 Å². The van der Waals surface area contributed by atoms with Crippen LogP contribution in [0.4, 0.5) is 0 Å². The van der Waals surface area contributed by atoms with Crippen LogP contribution in [0.5, 0.6) is 0 Å². The Bertz CT molecular complexity index is 510. The number of aliphatic hydroxyl groups is 1. The zero-order chi connectivity index (χ0) is 13.0. The van der Waals surface area contributed by atoms with Gasteiger partial charge in [-0.3, -0.25) is 0 Å². The third-order valence-electron chi connectivity index (χ3n) is 2.80. The lowest BCUT2D eigenvalue weighted by atomic mass is 10.1. The van der Waals surface area contributed by atoms with Crippen LogP contribution < -0.4 is 11.1 Å². The molecule has 1 heterocycles. The Morgan fingerprint density at radius 2 is 2.33 bits per heavy atom. The Kier molecular flexibility index (Phi) is 4.30. The summed E-state index contributed by atoms with van der Waals surface area (Å²) in [5.41, 5.74) is 8.23. The number of aromatic nitrogens is 1. The van der Waals surface area contributed by atoms with Crippen LogP contribution in [-0.2, 0) is 6.42 Å². The molecule has 1 atom stereocenters. The minimum absolute atomic E-state index is 0.288. The van der Waals surface area contributed by atoms with Crippen molar-refractivity contribution in [2.45, 2.75) is 19.4 Å². The van der Waals surface area contributed by atoms with Crippen LogP contribution in [0.1, 0.15) is 11.5 Å². The van der Waals surface area contributed by atoms with Gasteiger partial charge in [-0.05, 0) is 30.7 Å². The van der Waals surface area contributed by atoms with Crippen molar-refractivity contribution in [2.24, 2.45) is 5.73 Å². The Morgan fingerprint density at radius 3 is 3.11 bits per heavy atom. The number of benzene rings is 1. The second-order valence-corrected chi connectivity index (χ2v) is 4.38. The summed E-state index contributed by atoms with van der Waals surface area (Å²) in [5, 5.41) is 12.5. The van der Waals surface area contributed by atoms with Crippen LogP contribution in [0.3, 0.4) is 0 Å². The molecule has 0 aliphatic carbocycles. The van der Waals surface area contributed by atoms with Crippen molar-refractivity contribution in [1.29, 1.82) is 0 Å². The highest BCUT2D eigenvalue weighted by atomic mass is 16.3. The summed E-state index contributed by atoms with van der Waals surface area (Å²) in [6.45, 7) is 3.46. The lowest BCUT2D eigenvalue weighted by Gasteiger charge is -2.08. The zero-order valence-electron chi connectivity index (χ0n) is 10.5. The Hall–Kier alpha value is -1.43. The van der Waals surface area contributed by atoms with Crippen molar-refractivity contribution >= 4 is 11.1 Å². The summed E-state index contributed by atoms with van der Waals surface area (Å²) in [7, 11) is 0. The van der Waals surface area contributed by atoms with E-state index in [4.69, 9.17) is 10.2 Å². The minimum atomic E-state index is -0.468. The third-order valence-corrected chi connectivity index (χ3v) is 2.80. The van der Waals surface area contributed by atoms with Crippen molar-refractivity contribution in [1.82, 2.24) is 10.3 Å². The molecule has 4 N–H and O–H groups in total. The molecule has 1 unspecified atom stereocenters. The first-order valence-corrected chi connectivity index (χ1v) is 6.14. The normalized spacial score (nSPS) is 13.1. The maximum absolute atomic E-state index is 9.29. The van der Waals surface area contributed by atoms with Crippen LogP contribution in [0, 0.1) is 6.92 Å². The second kappa shape index (κ2) is 5.95. The summed E-state index contributed by atoms with van der Waals surface area (Å²) in [6.07, 6.45) is 0.414. The molecular weight excluding hydrogens is 230 g/mol. The maximum Gasteiger partial charge on any atom is 0.192 e. The molecule has 2 rings (SSSR count). The lowest BCUT2D eigenvalue weighted by Crippen LogP contribution is -2.33. The molecule has 98 valence electrons. The number of aliphatic hydroxyl groups excluding tert-OH is 1. The molecule has 0 saturated carbocycles. The number of nitrogens with one attached hydrogen (secondary N) is 1. The maximum atomic E-state index is 9.29. The average molecular weight is 249 g/mol. The topological polar surface area (TPSA) is 84.3 Å². The van der Waals surface area contributed by atoms with Gasteiger partial charge in [0.25, 0.3) is 0 Å². The fraction of sp³-hybridized carbons (Fsp3) is 0.462. The Labute approximate surface area is 106 Å². The van der Waals surface area contributed by atoms with E-state index in [1.165, 1.54) is 5.56 Å². The van der Waals surface area contributed by atoms with Crippen molar-refractivity contribution < 1.29 is 9.52 Å². The van der Waals surface area contributed by atoms with Gasteiger partial charge >= 0.3 is 0 Å². The molecule has 0 aliphatic heterocycles. The first-order valence-electron chi connectivity index (χ1n) is 6.14. The summed E-state index contributed by atoms with van der Waals surface area (Å²) in [4.78, 5) is 4.26. The lowest BCUT2D eigenvalue weighted by molar-refractivity contribution is 0.180. The van der Waals surface area contributed by atoms with Gasteiger partial charge in [0.05, 0.1) is 6.10 Å². The van der Waals surface area contributed by atoms with Gasteiger partial charge in [0.2, 0.25) is 0 Å². The third kappa shape index (κ3) is 3.29. The highest BCUT2D eigenvalue weighted by molar-refractivity contribution is 5.73. The number of fused-ring (bicyclic) bond motifs is 1. The molecule has 2 aromatic rings. The number of oxazole rings is 1. The van der Waals surface area contributed by atoms with Gasteiger partial charge < -0.3 is 20.6 Å². The van der Waals surface area contributed by atoms with E-state index < -0.39 is 6.10 Å². The molecule has 0 aliphatic rings. The Morgan fingerprint density at radius 1 is 1.50 bits per heavy atom. The monoisotopic (exact) mass is 249 g/mol. The van der Waals surface area contributed by atoms with Crippen LogP contribution in [0.15, 0.2) is 22.6 Å². The van der Waals surface area contributed by atoms with Gasteiger partial charge in [-0.2, -0.15) is 0 Å². The largest absolute Gasteiger partial charge is 0.441 e.